The number of nitrogens with one attached hydrogen (secondary N) is 1. The number of benzene rings is 2. The van der Waals surface area contributed by atoms with E-state index in [9.17, 15) is 0 Å². The van der Waals surface area contributed by atoms with Gasteiger partial charge in [0.1, 0.15) is 5.65 Å². The van der Waals surface area contributed by atoms with E-state index in [-0.39, 0.29) is 5.41 Å². The van der Waals surface area contributed by atoms with Crippen LogP contribution in [0.3, 0.4) is 0 Å². The topological polar surface area (TPSA) is 37.5 Å². The van der Waals surface area contributed by atoms with Crippen LogP contribution in [0.2, 0.25) is 0 Å². The minimum absolute atomic E-state index is 0.109. The van der Waals surface area contributed by atoms with Crippen molar-refractivity contribution in [2.75, 3.05) is 0 Å². The Morgan fingerprint density at radius 1 is 0.944 bits per heavy atom. The van der Waals surface area contributed by atoms with E-state index in [1.54, 1.807) is 0 Å². The molecule has 36 heavy (non-hydrogen) atoms. The van der Waals surface area contributed by atoms with Crippen LogP contribution in [0.5, 0.6) is 0 Å². The number of nitrogens with zero attached hydrogens (tertiary/aromatic N) is 3. The largest absolute Gasteiger partial charge is 0.276 e. The fraction of sp³-hybridized carbons (Fsp3) is 0.438. The molecule has 1 saturated carbocycles. The normalized spacial score (nSPS) is 22.6. The smallest absolute Gasteiger partial charge is 0.219 e. The molecule has 0 bridgehead atoms. The predicted molar refractivity (Wildman–Crippen MR) is 149 cm³/mol. The van der Waals surface area contributed by atoms with Gasteiger partial charge in [0.05, 0.1) is 12.3 Å². The number of aromatic nitrogens is 3. The maximum atomic E-state index is 8.17. The molecule has 0 aliphatic heterocycles. The first kappa shape index (κ1) is 24.4. The van der Waals surface area contributed by atoms with Gasteiger partial charge in [0.25, 0.3) is 0 Å². The molecule has 0 spiro atoms. The van der Waals surface area contributed by atoms with Gasteiger partial charge in [-0.05, 0) is 59.5 Å². The fourth-order valence-electron chi connectivity index (χ4n) is 6.40. The van der Waals surface area contributed by atoms with Crippen molar-refractivity contribution in [1.82, 2.24) is 14.6 Å². The van der Waals surface area contributed by atoms with Crippen LogP contribution in [0, 0.1) is 30.2 Å². The van der Waals surface area contributed by atoms with Crippen LogP contribution < -0.4 is 0 Å². The maximum absolute atomic E-state index is 8.17. The van der Waals surface area contributed by atoms with Gasteiger partial charge in [-0.25, -0.2) is 14.3 Å². The molecule has 1 N–H and O–H groups in total. The van der Waals surface area contributed by atoms with Gasteiger partial charge < -0.3 is 0 Å². The average Bonchev–Trinajstić information content (AvgIpc) is 3.38. The molecule has 2 aromatic heterocycles. The third-order valence-electron chi connectivity index (χ3n) is 8.28. The highest BCUT2D eigenvalue weighted by atomic mass is 15.3. The molecule has 2 atom stereocenters. The SMILES string of the molecule is [C-]#[N+]c1c(CC2C(C)CC(C)CC2C)c2nc(-c3ccc(C(C)(C)C)cc3)[nH]n2c1-c1ccccc1. The molecule has 1 aliphatic carbocycles. The Morgan fingerprint density at radius 3 is 2.17 bits per heavy atom. The summed E-state index contributed by atoms with van der Waals surface area (Å²) in [7, 11) is 0. The van der Waals surface area contributed by atoms with Crippen LogP contribution in [0.1, 0.15) is 65.5 Å². The van der Waals surface area contributed by atoms with E-state index in [1.165, 1.54) is 18.4 Å². The number of aromatic amines is 1. The summed E-state index contributed by atoms with van der Waals surface area (Å²) < 4.78 is 2.06. The molecule has 2 heterocycles. The van der Waals surface area contributed by atoms with Crippen molar-refractivity contribution < 1.29 is 0 Å². The van der Waals surface area contributed by atoms with Crippen molar-refractivity contribution in [3.63, 3.8) is 0 Å². The van der Waals surface area contributed by atoms with Crippen molar-refractivity contribution in [3.8, 4) is 22.6 Å². The van der Waals surface area contributed by atoms with Crippen molar-refractivity contribution in [2.24, 2.45) is 23.7 Å². The first-order valence-electron chi connectivity index (χ1n) is 13.3. The highest BCUT2D eigenvalue weighted by molar-refractivity contribution is 5.86. The lowest BCUT2D eigenvalue weighted by Gasteiger charge is -2.38. The molecule has 4 nitrogen and oxygen atoms in total. The molecule has 1 aliphatic rings. The summed E-state index contributed by atoms with van der Waals surface area (Å²) >= 11 is 0. The number of hydrogen-bond acceptors (Lipinski definition) is 1. The Kier molecular flexibility index (Phi) is 6.29. The molecule has 0 saturated heterocycles. The molecule has 4 heteroatoms. The lowest BCUT2D eigenvalue weighted by Crippen LogP contribution is -2.30. The summed E-state index contributed by atoms with van der Waals surface area (Å²) in [6.45, 7) is 22.0. The first-order chi connectivity index (χ1) is 17.2. The summed E-state index contributed by atoms with van der Waals surface area (Å²) in [5.74, 6) is 3.46. The van der Waals surface area contributed by atoms with Crippen LogP contribution in [-0.2, 0) is 11.8 Å². The minimum Gasteiger partial charge on any atom is -0.276 e. The molecule has 0 amide bonds. The highest BCUT2D eigenvalue weighted by Gasteiger charge is 2.34. The highest BCUT2D eigenvalue weighted by Crippen LogP contribution is 2.45. The van der Waals surface area contributed by atoms with Gasteiger partial charge in [-0.2, -0.15) is 0 Å². The first-order valence-corrected chi connectivity index (χ1v) is 13.3. The van der Waals surface area contributed by atoms with E-state index >= 15 is 0 Å². The quantitative estimate of drug-likeness (QED) is 0.293. The van der Waals surface area contributed by atoms with E-state index in [2.05, 4.69) is 92.4 Å². The molecule has 186 valence electrons. The number of rotatable bonds is 4. The molecule has 2 aromatic carbocycles. The minimum atomic E-state index is 0.109. The lowest BCUT2D eigenvalue weighted by molar-refractivity contribution is 0.136. The predicted octanol–water partition coefficient (Wildman–Crippen LogP) is 8.71. The second kappa shape index (κ2) is 9.28. The maximum Gasteiger partial charge on any atom is 0.219 e. The monoisotopic (exact) mass is 478 g/mol. The van der Waals surface area contributed by atoms with Crippen molar-refractivity contribution in [2.45, 2.75) is 66.2 Å². The van der Waals surface area contributed by atoms with Gasteiger partial charge in [0, 0.05) is 11.1 Å². The summed E-state index contributed by atoms with van der Waals surface area (Å²) in [6, 6.07) is 19.0. The summed E-state index contributed by atoms with van der Waals surface area (Å²) in [6.07, 6.45) is 3.42. The zero-order chi connectivity index (χ0) is 25.6. The molecule has 1 fully saturated rings. The van der Waals surface area contributed by atoms with E-state index in [1.807, 2.05) is 18.2 Å². The number of fused-ring (bicyclic) bond motifs is 1. The van der Waals surface area contributed by atoms with Gasteiger partial charge in [0.15, 0.2) is 5.82 Å². The molecule has 2 unspecified atom stereocenters. The molecular weight excluding hydrogens is 440 g/mol. The van der Waals surface area contributed by atoms with Gasteiger partial charge >= 0.3 is 0 Å². The van der Waals surface area contributed by atoms with E-state index < -0.39 is 0 Å². The third kappa shape index (κ3) is 4.37. The lowest BCUT2D eigenvalue weighted by atomic mass is 9.67. The standard InChI is InChI=1S/C32H38N4/c1-20-17-21(2)26(22(3)18-20)19-27-28(33-7)29(23-11-9-8-10-12-23)36-31(27)34-30(35-36)24-13-15-25(16-14-24)32(4,5)6/h8-16,20-22,26H,17-19H2,1-6H3,(H,34,35). The van der Waals surface area contributed by atoms with Crippen LogP contribution >= 0.6 is 0 Å². The third-order valence-corrected chi connectivity index (χ3v) is 8.28. The summed E-state index contributed by atoms with van der Waals surface area (Å²) in [5.41, 5.74) is 7.18. The molecule has 5 rings (SSSR count). The Hall–Kier alpha value is -3.32. The average molecular weight is 479 g/mol. The summed E-state index contributed by atoms with van der Waals surface area (Å²) in [4.78, 5) is 9.22. The van der Waals surface area contributed by atoms with Crippen LogP contribution in [0.4, 0.5) is 5.69 Å². The Balaban J connectivity index is 1.65. The van der Waals surface area contributed by atoms with Crippen LogP contribution in [-0.4, -0.2) is 14.6 Å². The zero-order valence-corrected chi connectivity index (χ0v) is 22.5. The van der Waals surface area contributed by atoms with Gasteiger partial charge in [-0.3, -0.25) is 5.10 Å². The van der Waals surface area contributed by atoms with Crippen LogP contribution in [0.15, 0.2) is 54.6 Å². The second-order valence-electron chi connectivity index (χ2n) is 12.1. The molecular formula is C32H38N4. The second-order valence-corrected chi connectivity index (χ2v) is 12.1. The van der Waals surface area contributed by atoms with E-state index in [0.717, 1.165) is 51.9 Å². The molecule has 0 radical (unpaired) electrons. The van der Waals surface area contributed by atoms with Gasteiger partial charge in [-0.1, -0.05) is 96.1 Å². The van der Waals surface area contributed by atoms with Gasteiger partial charge in [-0.15, -0.1) is 0 Å². The van der Waals surface area contributed by atoms with E-state index in [4.69, 9.17) is 11.6 Å². The van der Waals surface area contributed by atoms with Crippen molar-refractivity contribution in [3.05, 3.63) is 77.1 Å². The Morgan fingerprint density at radius 2 is 1.58 bits per heavy atom. The zero-order valence-electron chi connectivity index (χ0n) is 22.5. The fourth-order valence-corrected chi connectivity index (χ4v) is 6.40. The summed E-state index contributed by atoms with van der Waals surface area (Å²) in [5, 5.41) is 3.56. The van der Waals surface area contributed by atoms with E-state index in [0.29, 0.717) is 17.8 Å². The molecule has 4 aromatic rings. The van der Waals surface area contributed by atoms with Crippen molar-refractivity contribution in [1.29, 1.82) is 0 Å². The Labute approximate surface area is 215 Å². The van der Waals surface area contributed by atoms with Gasteiger partial charge in [0.2, 0.25) is 5.69 Å². The van der Waals surface area contributed by atoms with Crippen LogP contribution in [0.25, 0.3) is 33.1 Å². The number of H-pyrrole nitrogens is 1. The number of hydrogen-bond donors (Lipinski definition) is 1. The van der Waals surface area contributed by atoms with Crippen molar-refractivity contribution >= 4 is 11.3 Å². The Bertz CT molecular complexity index is 1380.